The lowest BCUT2D eigenvalue weighted by Gasteiger charge is -2.21. The van der Waals surface area contributed by atoms with Crippen LogP contribution in [-0.4, -0.2) is 5.25 Å². The van der Waals surface area contributed by atoms with Gasteiger partial charge in [0, 0.05) is 16.2 Å². The molecule has 2 unspecified atom stereocenters. The van der Waals surface area contributed by atoms with Gasteiger partial charge >= 0.3 is 0 Å². The van der Waals surface area contributed by atoms with Crippen LogP contribution in [0.1, 0.15) is 42.1 Å². The van der Waals surface area contributed by atoms with Crippen molar-refractivity contribution in [3.8, 4) is 0 Å². The average Bonchev–Trinajstić information content (AvgIpc) is 2.49. The monoisotopic (exact) mass is 299 g/mol. The summed E-state index contributed by atoms with van der Waals surface area (Å²) >= 11 is 1.87. The molecule has 0 aliphatic carbocycles. The van der Waals surface area contributed by atoms with E-state index < -0.39 is 0 Å². The van der Waals surface area contributed by atoms with Gasteiger partial charge in [0.2, 0.25) is 0 Å². The first kappa shape index (κ1) is 16.1. The minimum atomic E-state index is 0.0570. The van der Waals surface area contributed by atoms with Gasteiger partial charge in [0.25, 0.3) is 0 Å². The molecule has 0 saturated carbocycles. The largest absolute Gasteiger partial charge is 0.323 e. The van der Waals surface area contributed by atoms with Crippen LogP contribution in [0.3, 0.4) is 0 Å². The Bertz CT molecular complexity index is 589. The molecule has 2 N–H and O–H groups in total. The fourth-order valence-corrected chi connectivity index (χ4v) is 3.55. The molecular weight excluding hydrogens is 274 g/mol. The highest BCUT2D eigenvalue weighted by Gasteiger charge is 2.17. The highest BCUT2D eigenvalue weighted by Crippen LogP contribution is 2.33. The number of aryl methyl sites for hydroxylation is 3. The number of hydrogen-bond donors (Lipinski definition) is 1. The molecule has 2 atom stereocenters. The molecule has 0 aromatic heterocycles. The number of hydrogen-bond acceptors (Lipinski definition) is 2. The molecule has 0 fully saturated rings. The van der Waals surface area contributed by atoms with E-state index in [4.69, 9.17) is 5.73 Å². The van der Waals surface area contributed by atoms with Crippen LogP contribution in [0.5, 0.6) is 0 Å². The van der Waals surface area contributed by atoms with E-state index in [1.165, 1.54) is 27.1 Å². The Labute approximate surface area is 133 Å². The number of rotatable bonds is 5. The Morgan fingerprint density at radius 3 is 2.29 bits per heavy atom. The van der Waals surface area contributed by atoms with E-state index in [9.17, 15) is 0 Å². The van der Waals surface area contributed by atoms with Crippen molar-refractivity contribution < 1.29 is 0 Å². The van der Waals surface area contributed by atoms with Gasteiger partial charge in [-0.1, -0.05) is 55.8 Å². The maximum Gasteiger partial charge on any atom is 0.0416 e. The van der Waals surface area contributed by atoms with E-state index in [2.05, 4.69) is 70.2 Å². The first-order chi connectivity index (χ1) is 10.0. The Hall–Kier alpha value is -1.25. The van der Waals surface area contributed by atoms with Crippen LogP contribution >= 0.6 is 11.8 Å². The van der Waals surface area contributed by atoms with E-state index in [1.54, 1.807) is 0 Å². The summed E-state index contributed by atoms with van der Waals surface area (Å²) in [4.78, 5) is 1.33. The lowest BCUT2D eigenvalue weighted by Crippen LogP contribution is -2.21. The molecule has 0 saturated heterocycles. The number of thioether (sulfide) groups is 1. The predicted molar refractivity (Wildman–Crippen MR) is 94.0 cm³/mol. The topological polar surface area (TPSA) is 26.0 Å². The minimum Gasteiger partial charge on any atom is -0.323 e. The molecule has 0 amide bonds. The molecule has 2 rings (SSSR count). The van der Waals surface area contributed by atoms with Crippen molar-refractivity contribution in [3.63, 3.8) is 0 Å². The zero-order valence-corrected chi connectivity index (χ0v) is 14.2. The normalized spacial score (nSPS) is 14.0. The second-order valence-electron chi connectivity index (χ2n) is 5.71. The van der Waals surface area contributed by atoms with Crippen LogP contribution in [-0.2, 0) is 6.42 Å². The highest BCUT2D eigenvalue weighted by atomic mass is 32.2. The van der Waals surface area contributed by atoms with Gasteiger partial charge < -0.3 is 5.73 Å². The molecule has 0 aliphatic heterocycles. The van der Waals surface area contributed by atoms with Gasteiger partial charge in [-0.3, -0.25) is 0 Å². The first-order valence-electron chi connectivity index (χ1n) is 7.59. The summed E-state index contributed by atoms with van der Waals surface area (Å²) in [5.41, 5.74) is 11.7. The molecular formula is C19H25NS. The van der Waals surface area contributed by atoms with E-state index in [0.29, 0.717) is 5.25 Å². The Balaban J connectivity index is 2.09. The standard InChI is InChI=1S/C19H25NS/c1-5-16-7-9-17(10-8-16)19(20)15(4)21-18-11-6-13(2)12-14(18)3/h6-12,15,19H,5,20H2,1-4H3. The van der Waals surface area contributed by atoms with E-state index in [-0.39, 0.29) is 6.04 Å². The molecule has 112 valence electrons. The molecule has 1 nitrogen and oxygen atoms in total. The molecule has 0 spiro atoms. The summed E-state index contributed by atoms with van der Waals surface area (Å²) in [6, 6.07) is 15.4. The van der Waals surface area contributed by atoms with Crippen LogP contribution in [0.4, 0.5) is 0 Å². The van der Waals surface area contributed by atoms with Crippen LogP contribution in [0.2, 0.25) is 0 Å². The van der Waals surface area contributed by atoms with Gasteiger partial charge in [-0.15, -0.1) is 11.8 Å². The van der Waals surface area contributed by atoms with Gasteiger partial charge in [0.1, 0.15) is 0 Å². The molecule has 2 aromatic carbocycles. The van der Waals surface area contributed by atoms with Crippen molar-refractivity contribution in [2.45, 2.75) is 50.3 Å². The summed E-state index contributed by atoms with van der Waals surface area (Å²) in [6.07, 6.45) is 1.07. The summed E-state index contributed by atoms with van der Waals surface area (Å²) in [5.74, 6) is 0. The van der Waals surface area contributed by atoms with Gasteiger partial charge in [0.05, 0.1) is 0 Å². The molecule has 0 heterocycles. The maximum absolute atomic E-state index is 6.44. The third kappa shape index (κ3) is 4.12. The minimum absolute atomic E-state index is 0.0570. The lowest BCUT2D eigenvalue weighted by atomic mass is 10.0. The Kier molecular flexibility index (Phi) is 5.49. The lowest BCUT2D eigenvalue weighted by molar-refractivity contribution is 0.714. The van der Waals surface area contributed by atoms with Crippen molar-refractivity contribution in [3.05, 3.63) is 64.7 Å². The van der Waals surface area contributed by atoms with Crippen molar-refractivity contribution in [1.82, 2.24) is 0 Å². The van der Waals surface area contributed by atoms with Gasteiger partial charge in [0.15, 0.2) is 0 Å². The molecule has 0 bridgehead atoms. The second kappa shape index (κ2) is 7.15. The van der Waals surface area contributed by atoms with E-state index >= 15 is 0 Å². The molecule has 21 heavy (non-hydrogen) atoms. The molecule has 2 heteroatoms. The van der Waals surface area contributed by atoms with Crippen molar-refractivity contribution in [1.29, 1.82) is 0 Å². The van der Waals surface area contributed by atoms with Crippen LogP contribution < -0.4 is 5.73 Å². The summed E-state index contributed by atoms with van der Waals surface area (Å²) < 4.78 is 0. The van der Waals surface area contributed by atoms with Gasteiger partial charge in [-0.05, 0) is 43.0 Å². The zero-order valence-electron chi connectivity index (χ0n) is 13.4. The molecule has 2 aromatic rings. The quantitative estimate of drug-likeness (QED) is 0.782. The van der Waals surface area contributed by atoms with Gasteiger partial charge in [-0.25, -0.2) is 0 Å². The van der Waals surface area contributed by atoms with Crippen molar-refractivity contribution in [2.24, 2.45) is 5.73 Å². The first-order valence-corrected chi connectivity index (χ1v) is 8.47. The average molecular weight is 299 g/mol. The van der Waals surface area contributed by atoms with Crippen LogP contribution in [0.25, 0.3) is 0 Å². The predicted octanol–water partition coefficient (Wildman–Crippen LogP) is 5.05. The Morgan fingerprint density at radius 2 is 1.71 bits per heavy atom. The van der Waals surface area contributed by atoms with E-state index in [1.807, 2.05) is 11.8 Å². The fraction of sp³-hybridized carbons (Fsp3) is 0.368. The zero-order chi connectivity index (χ0) is 15.4. The van der Waals surface area contributed by atoms with Crippen molar-refractivity contribution in [2.75, 3.05) is 0 Å². The van der Waals surface area contributed by atoms with Crippen LogP contribution in [0, 0.1) is 13.8 Å². The third-order valence-corrected chi connectivity index (χ3v) is 5.30. The maximum atomic E-state index is 6.44. The van der Waals surface area contributed by atoms with Crippen LogP contribution in [0.15, 0.2) is 47.4 Å². The Morgan fingerprint density at radius 1 is 1.05 bits per heavy atom. The summed E-state index contributed by atoms with van der Waals surface area (Å²) in [5, 5.41) is 0.346. The highest BCUT2D eigenvalue weighted by molar-refractivity contribution is 8.00. The SMILES string of the molecule is CCc1ccc(C(N)C(C)Sc2ccc(C)cc2C)cc1. The smallest absolute Gasteiger partial charge is 0.0416 e. The second-order valence-corrected chi connectivity index (χ2v) is 7.13. The summed E-state index contributed by atoms with van der Waals surface area (Å²) in [7, 11) is 0. The number of nitrogens with two attached hydrogens (primary N) is 1. The fourth-order valence-electron chi connectivity index (χ4n) is 2.45. The van der Waals surface area contributed by atoms with Gasteiger partial charge in [-0.2, -0.15) is 0 Å². The molecule has 0 radical (unpaired) electrons. The van der Waals surface area contributed by atoms with Crippen molar-refractivity contribution >= 4 is 11.8 Å². The van der Waals surface area contributed by atoms with E-state index in [0.717, 1.165) is 6.42 Å². The molecule has 0 aliphatic rings. The third-order valence-electron chi connectivity index (χ3n) is 3.92. The summed E-state index contributed by atoms with van der Waals surface area (Å²) in [6.45, 7) is 8.69. The number of benzene rings is 2.